The van der Waals surface area contributed by atoms with Crippen LogP contribution in [0.15, 0.2) is 51.1 Å². The van der Waals surface area contributed by atoms with Crippen molar-refractivity contribution in [2.45, 2.75) is 56.9 Å². The number of hydrogen-bond acceptors (Lipinski definition) is 6. The molecule has 31 heavy (non-hydrogen) atoms. The highest BCUT2D eigenvalue weighted by Gasteiger charge is 2.17. The second kappa shape index (κ2) is 10.3. The normalized spacial score (nSPS) is 14.4. The number of amidine groups is 1. The van der Waals surface area contributed by atoms with E-state index in [0.29, 0.717) is 31.0 Å². The largest absolute Gasteiger partial charge is 0.321 e. The Labute approximate surface area is 181 Å². The Bertz CT molecular complexity index is 1110. The van der Waals surface area contributed by atoms with Gasteiger partial charge in [0.05, 0.1) is 4.90 Å². The second-order valence-electron chi connectivity index (χ2n) is 7.36. The summed E-state index contributed by atoms with van der Waals surface area (Å²) in [4.78, 5) is 28.7. The van der Waals surface area contributed by atoms with Gasteiger partial charge in [-0.3, -0.25) is 19.3 Å². The Morgan fingerprint density at radius 1 is 1.10 bits per heavy atom. The summed E-state index contributed by atoms with van der Waals surface area (Å²) in [7, 11) is -3.74. The number of amides is 1. The zero-order valence-corrected chi connectivity index (χ0v) is 18.3. The lowest BCUT2D eigenvalue weighted by atomic mass is 10.2. The highest BCUT2D eigenvalue weighted by molar-refractivity contribution is 7.90. The molecule has 1 aliphatic rings. The Morgan fingerprint density at radius 3 is 2.61 bits per heavy atom. The molecule has 0 bridgehead atoms. The van der Waals surface area contributed by atoms with Crippen LogP contribution in [-0.2, 0) is 16.6 Å². The van der Waals surface area contributed by atoms with Gasteiger partial charge >= 0.3 is 0 Å². The maximum absolute atomic E-state index is 12.6. The molecule has 0 radical (unpaired) electrons. The molecule has 166 valence electrons. The van der Waals surface area contributed by atoms with Crippen molar-refractivity contribution >= 4 is 27.5 Å². The highest BCUT2D eigenvalue weighted by Crippen LogP contribution is 2.16. The molecule has 1 aromatic heterocycles. The molecule has 3 rings (SSSR count). The van der Waals surface area contributed by atoms with Crippen molar-refractivity contribution in [2.75, 3.05) is 11.9 Å². The summed E-state index contributed by atoms with van der Waals surface area (Å²) in [6.07, 6.45) is 5.21. The second-order valence-corrected chi connectivity index (χ2v) is 9.04. The molecule has 0 saturated carbocycles. The first-order chi connectivity index (χ1) is 14.9. The van der Waals surface area contributed by atoms with Crippen LogP contribution in [0.4, 0.5) is 5.69 Å². The zero-order chi connectivity index (χ0) is 22.3. The Morgan fingerprint density at radius 2 is 1.87 bits per heavy atom. The minimum absolute atomic E-state index is 0.0867. The summed E-state index contributed by atoms with van der Waals surface area (Å²) in [5.74, 6) is 0.00550. The van der Waals surface area contributed by atoms with E-state index in [9.17, 15) is 18.0 Å². The Balaban J connectivity index is 1.68. The third-order valence-electron chi connectivity index (χ3n) is 4.87. The van der Waals surface area contributed by atoms with Crippen LogP contribution in [0.2, 0.25) is 0 Å². The van der Waals surface area contributed by atoms with Crippen molar-refractivity contribution in [2.24, 2.45) is 4.99 Å². The van der Waals surface area contributed by atoms with Gasteiger partial charge < -0.3 is 5.32 Å². The number of aromatic nitrogens is 2. The van der Waals surface area contributed by atoms with Crippen molar-refractivity contribution in [3.05, 3.63) is 52.4 Å². The zero-order valence-electron chi connectivity index (χ0n) is 17.5. The van der Waals surface area contributed by atoms with E-state index < -0.39 is 15.9 Å². The third-order valence-corrected chi connectivity index (χ3v) is 6.27. The fourth-order valence-corrected chi connectivity index (χ4v) is 4.21. The van der Waals surface area contributed by atoms with Crippen LogP contribution in [0.1, 0.15) is 55.9 Å². The van der Waals surface area contributed by atoms with Gasteiger partial charge in [0.2, 0.25) is 0 Å². The van der Waals surface area contributed by atoms with Gasteiger partial charge in [0.1, 0.15) is 11.5 Å². The van der Waals surface area contributed by atoms with Gasteiger partial charge in [-0.25, -0.2) is 13.1 Å². The van der Waals surface area contributed by atoms with Gasteiger partial charge in [-0.2, -0.15) is 5.10 Å². The molecule has 2 heterocycles. The number of rotatable bonds is 7. The number of sulfonamides is 1. The molecule has 0 saturated heterocycles. The van der Waals surface area contributed by atoms with E-state index in [0.717, 1.165) is 32.1 Å². The molecular formula is C21H27N5O4S. The number of benzene rings is 1. The predicted molar refractivity (Wildman–Crippen MR) is 119 cm³/mol. The number of carbonyl (C=O) groups excluding carboxylic acids is 1. The van der Waals surface area contributed by atoms with E-state index in [2.05, 4.69) is 20.1 Å². The minimum Gasteiger partial charge on any atom is -0.321 e. The lowest BCUT2D eigenvalue weighted by Gasteiger charge is -2.11. The van der Waals surface area contributed by atoms with Crippen LogP contribution in [-0.4, -0.2) is 36.5 Å². The van der Waals surface area contributed by atoms with Gasteiger partial charge in [0, 0.05) is 31.3 Å². The first-order valence-corrected chi connectivity index (χ1v) is 11.9. The molecule has 0 fully saturated rings. The summed E-state index contributed by atoms with van der Waals surface area (Å²) in [5.41, 5.74) is 0.273. The van der Waals surface area contributed by atoms with Crippen LogP contribution in [0.5, 0.6) is 0 Å². The summed E-state index contributed by atoms with van der Waals surface area (Å²) < 4.78 is 29.0. The summed E-state index contributed by atoms with van der Waals surface area (Å²) in [6.45, 7) is 3.08. The molecule has 9 nitrogen and oxygen atoms in total. The van der Waals surface area contributed by atoms with Gasteiger partial charge in [-0.05, 0) is 49.6 Å². The van der Waals surface area contributed by atoms with Crippen molar-refractivity contribution in [1.82, 2.24) is 14.5 Å². The molecule has 1 aliphatic heterocycles. The highest BCUT2D eigenvalue weighted by atomic mass is 32.2. The number of nitrogens with one attached hydrogen (secondary N) is 2. The average Bonchev–Trinajstić information content (AvgIpc) is 3.01. The first-order valence-electron chi connectivity index (χ1n) is 10.4. The lowest BCUT2D eigenvalue weighted by Crippen LogP contribution is -2.30. The van der Waals surface area contributed by atoms with Crippen LogP contribution in [0, 0.1) is 0 Å². The fraction of sp³-hybridized carbons (Fsp3) is 0.429. The summed E-state index contributed by atoms with van der Waals surface area (Å²) >= 11 is 0. The maximum atomic E-state index is 12.6. The van der Waals surface area contributed by atoms with Crippen molar-refractivity contribution in [3.8, 4) is 0 Å². The first kappa shape index (κ1) is 22.7. The van der Waals surface area contributed by atoms with Crippen LogP contribution >= 0.6 is 0 Å². The molecule has 1 aromatic carbocycles. The number of aliphatic imine (C=N–C) groups is 1. The Kier molecular flexibility index (Phi) is 7.56. The van der Waals surface area contributed by atoms with Gasteiger partial charge in [-0.1, -0.05) is 19.8 Å². The van der Waals surface area contributed by atoms with Crippen LogP contribution in [0.3, 0.4) is 0 Å². The quantitative estimate of drug-likeness (QED) is 0.678. The molecule has 0 spiro atoms. The maximum Gasteiger partial charge on any atom is 0.276 e. The van der Waals surface area contributed by atoms with E-state index in [1.165, 1.54) is 41.1 Å². The molecule has 2 N–H and O–H groups in total. The van der Waals surface area contributed by atoms with Crippen molar-refractivity contribution in [1.29, 1.82) is 0 Å². The molecular weight excluding hydrogens is 418 g/mol. The number of aryl methyl sites for hydroxylation is 1. The van der Waals surface area contributed by atoms with E-state index >= 15 is 0 Å². The van der Waals surface area contributed by atoms with Crippen LogP contribution in [0.25, 0.3) is 0 Å². The molecule has 0 atom stereocenters. The number of anilines is 1. The molecule has 0 aliphatic carbocycles. The standard InChI is InChI=1S/C21H27N5O4S/c1-2-3-15-26-20(27)13-12-18(24-26)21(28)23-16-8-10-17(11-9-16)31(29,30)25-19-7-5-4-6-14-22-19/h8-13H,2-7,14-15H2,1H3,(H,22,25)(H,23,28). The molecule has 10 heteroatoms. The van der Waals surface area contributed by atoms with Gasteiger partial charge in [0.15, 0.2) is 0 Å². The third kappa shape index (κ3) is 6.24. The van der Waals surface area contributed by atoms with Gasteiger partial charge in [-0.15, -0.1) is 0 Å². The van der Waals surface area contributed by atoms with Gasteiger partial charge in [0.25, 0.3) is 21.5 Å². The van der Waals surface area contributed by atoms with E-state index in [-0.39, 0.29) is 16.1 Å². The number of hydrogen-bond donors (Lipinski definition) is 2. The topological polar surface area (TPSA) is 123 Å². The van der Waals surface area contributed by atoms with E-state index in [1.54, 1.807) is 0 Å². The van der Waals surface area contributed by atoms with Crippen LogP contribution < -0.4 is 15.6 Å². The van der Waals surface area contributed by atoms with Crippen molar-refractivity contribution in [3.63, 3.8) is 0 Å². The minimum atomic E-state index is -3.74. The van der Waals surface area contributed by atoms with E-state index in [4.69, 9.17) is 0 Å². The number of unbranched alkanes of at least 4 members (excludes halogenated alkanes) is 1. The number of nitrogens with zero attached hydrogens (tertiary/aromatic N) is 3. The SMILES string of the molecule is CCCCn1nc(C(=O)Nc2ccc(S(=O)(=O)NC3=NCCCCC3)cc2)ccc1=O. The molecule has 0 unspecified atom stereocenters. The fourth-order valence-electron chi connectivity index (χ4n) is 3.12. The average molecular weight is 446 g/mol. The summed E-state index contributed by atoms with van der Waals surface area (Å²) in [6, 6.07) is 8.55. The Hall–Kier alpha value is -3.01. The molecule has 1 amide bonds. The molecule has 2 aromatic rings. The van der Waals surface area contributed by atoms with E-state index in [1.807, 2.05) is 6.92 Å². The summed E-state index contributed by atoms with van der Waals surface area (Å²) in [5, 5.41) is 6.78. The predicted octanol–water partition coefficient (Wildman–Crippen LogP) is 2.55. The van der Waals surface area contributed by atoms with Crippen molar-refractivity contribution < 1.29 is 13.2 Å². The lowest BCUT2D eigenvalue weighted by molar-refractivity contribution is 0.101. The monoisotopic (exact) mass is 445 g/mol. The number of carbonyl (C=O) groups is 1. The smallest absolute Gasteiger partial charge is 0.276 e.